The van der Waals surface area contributed by atoms with E-state index in [1.165, 1.54) is 0 Å². The molecule has 6 N–H and O–H groups in total. The molecular weight excluding hydrogens is 440 g/mol. The van der Waals surface area contributed by atoms with Gasteiger partial charge in [-0.05, 0) is 50.7 Å². The van der Waals surface area contributed by atoms with Crippen LogP contribution in [0.2, 0.25) is 0 Å². The van der Waals surface area contributed by atoms with Crippen LogP contribution in [0, 0.1) is 5.92 Å². The van der Waals surface area contributed by atoms with Crippen molar-refractivity contribution < 1.29 is 19.4 Å². The number of nitrogens with zero attached hydrogens (tertiary/aromatic N) is 5. The third-order valence-corrected chi connectivity index (χ3v) is 5.98. The molecule has 1 saturated carbocycles. The first kappa shape index (κ1) is 23.6. The van der Waals surface area contributed by atoms with Crippen LogP contribution in [-0.4, -0.2) is 69.2 Å². The molecule has 0 unspecified atom stereocenters. The van der Waals surface area contributed by atoms with Crippen molar-refractivity contribution in [2.24, 2.45) is 11.7 Å². The van der Waals surface area contributed by atoms with Crippen molar-refractivity contribution in [3.63, 3.8) is 0 Å². The van der Waals surface area contributed by atoms with E-state index in [4.69, 9.17) is 16.2 Å². The lowest BCUT2D eigenvalue weighted by molar-refractivity contribution is 0.0909. The van der Waals surface area contributed by atoms with Crippen molar-refractivity contribution in [1.82, 2.24) is 25.3 Å². The van der Waals surface area contributed by atoms with Gasteiger partial charge in [0.15, 0.2) is 5.69 Å². The number of aliphatic hydroxyl groups excluding tert-OH is 1. The summed E-state index contributed by atoms with van der Waals surface area (Å²) in [5.41, 5.74) is 12.3. The molecule has 0 aromatic carbocycles. The summed E-state index contributed by atoms with van der Waals surface area (Å²) in [5.74, 6) is -0.215. The first-order valence-electron chi connectivity index (χ1n) is 11.5. The zero-order valence-electron chi connectivity index (χ0n) is 19.1. The lowest BCUT2D eigenvalue weighted by Gasteiger charge is -2.32. The molecule has 2 fully saturated rings. The van der Waals surface area contributed by atoms with E-state index >= 15 is 0 Å². The Morgan fingerprint density at radius 1 is 1.18 bits per heavy atom. The molecule has 3 heterocycles. The Labute approximate surface area is 197 Å². The van der Waals surface area contributed by atoms with Gasteiger partial charge < -0.3 is 31.5 Å². The van der Waals surface area contributed by atoms with Gasteiger partial charge >= 0.3 is 6.01 Å². The summed E-state index contributed by atoms with van der Waals surface area (Å²) in [5, 5.41) is 11.9. The van der Waals surface area contributed by atoms with E-state index in [0.29, 0.717) is 31.6 Å². The van der Waals surface area contributed by atoms with E-state index in [9.17, 15) is 14.7 Å². The van der Waals surface area contributed by atoms with Gasteiger partial charge in [-0.15, -0.1) is 0 Å². The molecule has 182 valence electrons. The number of nitrogens with two attached hydrogens (primary N) is 2. The molecule has 2 aromatic rings. The van der Waals surface area contributed by atoms with E-state index < -0.39 is 17.9 Å². The summed E-state index contributed by atoms with van der Waals surface area (Å²) >= 11 is 0. The number of primary amides is 1. The van der Waals surface area contributed by atoms with Crippen LogP contribution >= 0.6 is 0 Å². The molecule has 2 aliphatic rings. The zero-order valence-corrected chi connectivity index (χ0v) is 19.1. The quantitative estimate of drug-likeness (QED) is 0.396. The Bertz CT molecular complexity index is 1050. The fraction of sp³-hybridized carbons (Fsp3) is 0.545. The number of amides is 2. The van der Waals surface area contributed by atoms with Gasteiger partial charge in [-0.3, -0.25) is 9.59 Å². The second kappa shape index (κ2) is 10.2. The molecule has 0 bridgehead atoms. The number of pyridine rings is 1. The van der Waals surface area contributed by atoms with Gasteiger partial charge in [-0.25, -0.2) is 4.98 Å². The third-order valence-electron chi connectivity index (χ3n) is 5.98. The lowest BCUT2D eigenvalue weighted by atomic mass is 9.93. The minimum Gasteiger partial charge on any atom is -0.463 e. The van der Waals surface area contributed by atoms with Crippen LogP contribution in [0.25, 0.3) is 0 Å². The van der Waals surface area contributed by atoms with E-state index in [2.05, 4.69) is 25.3 Å². The molecule has 0 spiro atoms. The Kier molecular flexibility index (Phi) is 7.06. The molecule has 1 saturated heterocycles. The van der Waals surface area contributed by atoms with Crippen molar-refractivity contribution in [2.45, 2.75) is 44.6 Å². The molecule has 2 aromatic heterocycles. The van der Waals surface area contributed by atoms with Gasteiger partial charge in [-0.2, -0.15) is 15.0 Å². The summed E-state index contributed by atoms with van der Waals surface area (Å²) in [4.78, 5) is 43.5. The van der Waals surface area contributed by atoms with Crippen LogP contribution in [0.15, 0.2) is 12.1 Å². The number of carbonyl (C=O) groups excluding carboxylic acids is 2. The molecule has 4 rings (SSSR count). The van der Waals surface area contributed by atoms with E-state index in [1.54, 1.807) is 13.0 Å². The first-order valence-corrected chi connectivity index (χ1v) is 11.5. The van der Waals surface area contributed by atoms with Gasteiger partial charge in [0, 0.05) is 30.7 Å². The molecule has 1 aliphatic carbocycles. The second-order valence-corrected chi connectivity index (χ2v) is 8.85. The molecule has 0 radical (unpaired) electrons. The van der Waals surface area contributed by atoms with E-state index in [0.717, 1.165) is 31.4 Å². The normalized spacial score (nSPS) is 17.3. The van der Waals surface area contributed by atoms with Gasteiger partial charge in [0.25, 0.3) is 11.8 Å². The number of nitrogens with one attached hydrogen (secondary N) is 1. The predicted molar refractivity (Wildman–Crippen MR) is 123 cm³/mol. The van der Waals surface area contributed by atoms with Gasteiger partial charge in [0.1, 0.15) is 0 Å². The van der Waals surface area contributed by atoms with E-state index in [-0.39, 0.29) is 35.7 Å². The summed E-state index contributed by atoms with van der Waals surface area (Å²) < 4.78 is 5.74. The molecule has 12 heteroatoms. The van der Waals surface area contributed by atoms with Crippen LogP contribution in [0.1, 0.15) is 65.3 Å². The lowest BCUT2D eigenvalue weighted by Crippen LogP contribution is -2.38. The van der Waals surface area contributed by atoms with Gasteiger partial charge in [0.2, 0.25) is 11.8 Å². The van der Waals surface area contributed by atoms with Gasteiger partial charge in [0.05, 0.1) is 18.9 Å². The van der Waals surface area contributed by atoms with Crippen LogP contribution < -0.4 is 26.4 Å². The smallest absolute Gasteiger partial charge is 0.321 e. The van der Waals surface area contributed by atoms with Gasteiger partial charge in [-0.1, -0.05) is 0 Å². The van der Waals surface area contributed by atoms with Crippen LogP contribution in [0.3, 0.4) is 0 Å². The number of aromatic nitrogens is 4. The number of piperidine rings is 1. The topological polar surface area (TPSA) is 182 Å². The fourth-order valence-corrected chi connectivity index (χ4v) is 3.75. The number of ether oxygens (including phenoxy) is 1. The second-order valence-electron chi connectivity index (χ2n) is 8.85. The number of carbonyl (C=O) groups is 2. The van der Waals surface area contributed by atoms with Crippen LogP contribution in [0.5, 0.6) is 6.01 Å². The SMILES string of the molecule is C[C@H](CO)NC(=O)c1nc(OCC2CC2)nc(N2CCC(c3ccc(N)c(C(N)=O)n3)CC2)n1. The predicted octanol–water partition coefficient (Wildman–Crippen LogP) is 0.231. The van der Waals surface area contributed by atoms with Crippen LogP contribution in [-0.2, 0) is 0 Å². The zero-order chi connectivity index (χ0) is 24.2. The molecule has 1 atom stereocenters. The summed E-state index contributed by atoms with van der Waals surface area (Å²) in [7, 11) is 0. The van der Waals surface area contributed by atoms with Crippen molar-refractivity contribution in [3.05, 3.63) is 29.3 Å². The van der Waals surface area contributed by atoms with E-state index in [1.807, 2.05) is 11.0 Å². The Balaban J connectivity index is 1.49. The van der Waals surface area contributed by atoms with Crippen molar-refractivity contribution >= 4 is 23.5 Å². The molecule has 2 amide bonds. The molecule has 1 aliphatic heterocycles. The largest absolute Gasteiger partial charge is 0.463 e. The standard InChI is InChI=1S/C22H30N8O4/c1-12(10-31)25-20(33)19-27-21(29-22(28-19)34-11-13-2-3-13)30-8-6-14(7-9-30)16-5-4-15(23)17(26-16)18(24)32/h4-5,12-14,31H,2-3,6-11,23H2,1H3,(H2,24,32)(H,25,33)/t12-/m1/s1. The molecular formula is C22H30N8O4. The monoisotopic (exact) mass is 470 g/mol. The number of rotatable bonds is 9. The highest BCUT2D eigenvalue weighted by Gasteiger charge is 2.27. The summed E-state index contributed by atoms with van der Waals surface area (Å²) in [6.45, 7) is 3.22. The number of hydrogen-bond acceptors (Lipinski definition) is 10. The minimum absolute atomic E-state index is 0.0514. The minimum atomic E-state index is -0.651. The Hall–Kier alpha value is -3.54. The highest BCUT2D eigenvalue weighted by atomic mass is 16.5. The number of nitrogen functional groups attached to an aromatic ring is 1. The maximum absolute atomic E-state index is 12.6. The highest BCUT2D eigenvalue weighted by Crippen LogP contribution is 2.31. The summed E-state index contributed by atoms with van der Waals surface area (Å²) in [6, 6.07) is 3.16. The number of aliphatic hydroxyl groups is 1. The molecule has 34 heavy (non-hydrogen) atoms. The maximum Gasteiger partial charge on any atom is 0.321 e. The Morgan fingerprint density at radius 3 is 2.56 bits per heavy atom. The first-order chi connectivity index (χ1) is 16.3. The highest BCUT2D eigenvalue weighted by molar-refractivity contribution is 5.95. The molecule has 12 nitrogen and oxygen atoms in total. The summed E-state index contributed by atoms with van der Waals surface area (Å²) in [6.07, 6.45) is 3.71. The van der Waals surface area contributed by atoms with Crippen LogP contribution in [0.4, 0.5) is 11.6 Å². The maximum atomic E-state index is 12.6. The average molecular weight is 471 g/mol. The van der Waals surface area contributed by atoms with Crippen molar-refractivity contribution in [1.29, 1.82) is 0 Å². The average Bonchev–Trinajstić information content (AvgIpc) is 3.67. The fourth-order valence-electron chi connectivity index (χ4n) is 3.75. The van der Waals surface area contributed by atoms with Crippen molar-refractivity contribution in [2.75, 3.05) is 36.9 Å². The number of anilines is 2. The Morgan fingerprint density at radius 2 is 1.91 bits per heavy atom. The van der Waals surface area contributed by atoms with Crippen molar-refractivity contribution in [3.8, 4) is 6.01 Å². The number of hydrogen-bond donors (Lipinski definition) is 4. The third kappa shape index (κ3) is 5.68.